The summed E-state index contributed by atoms with van der Waals surface area (Å²) in [6, 6.07) is 15.7. The van der Waals surface area contributed by atoms with Crippen molar-refractivity contribution in [3.05, 3.63) is 66.6 Å². The van der Waals surface area contributed by atoms with Crippen LogP contribution < -0.4 is 16.0 Å². The number of aliphatic hydroxyl groups excluding tert-OH is 1. The first kappa shape index (κ1) is 21.2. The number of likely N-dealkylation sites (N-methyl/N-ethyl adjacent to an activating group) is 1. The molecule has 3 aromatic heterocycles. The Balaban J connectivity index is 1.53. The Morgan fingerprint density at radius 3 is 2.65 bits per heavy atom. The van der Waals surface area contributed by atoms with E-state index in [-0.39, 0.29) is 12.6 Å². The van der Waals surface area contributed by atoms with Gasteiger partial charge in [-0.2, -0.15) is 0 Å². The Morgan fingerprint density at radius 1 is 1.03 bits per heavy atom. The van der Waals surface area contributed by atoms with Crippen molar-refractivity contribution in [2.45, 2.75) is 13.0 Å². The molecule has 0 unspecified atom stereocenters. The summed E-state index contributed by atoms with van der Waals surface area (Å²) in [5.74, 6) is 1.58. The number of aromatic nitrogens is 3. The van der Waals surface area contributed by atoms with E-state index in [0.29, 0.717) is 0 Å². The molecule has 31 heavy (non-hydrogen) atoms. The van der Waals surface area contributed by atoms with E-state index in [1.54, 1.807) is 17.7 Å². The van der Waals surface area contributed by atoms with Gasteiger partial charge >= 0.3 is 0 Å². The highest BCUT2D eigenvalue weighted by Gasteiger charge is 2.15. The van der Waals surface area contributed by atoms with Crippen molar-refractivity contribution in [1.82, 2.24) is 20.3 Å². The van der Waals surface area contributed by atoms with Crippen LogP contribution in [0.4, 0.5) is 11.6 Å². The van der Waals surface area contributed by atoms with Crippen LogP contribution in [0.5, 0.6) is 0 Å². The van der Waals surface area contributed by atoms with Gasteiger partial charge in [-0.15, -0.1) is 11.3 Å². The summed E-state index contributed by atoms with van der Waals surface area (Å²) in [7, 11) is 0. The molecule has 7 nitrogen and oxygen atoms in total. The zero-order chi connectivity index (χ0) is 21.5. The number of anilines is 2. The number of hydrogen-bond acceptors (Lipinski definition) is 8. The quantitative estimate of drug-likeness (QED) is 0.281. The van der Waals surface area contributed by atoms with Gasteiger partial charge in [-0.05, 0) is 30.3 Å². The van der Waals surface area contributed by atoms with Crippen LogP contribution in [0.15, 0.2) is 61.1 Å². The molecule has 8 heteroatoms. The minimum Gasteiger partial charge on any atom is -0.394 e. The van der Waals surface area contributed by atoms with Gasteiger partial charge in [-0.1, -0.05) is 37.3 Å². The first-order chi connectivity index (χ1) is 15.3. The molecule has 4 aromatic rings. The van der Waals surface area contributed by atoms with Crippen LogP contribution in [0.25, 0.3) is 20.7 Å². The topological polar surface area (TPSA) is 95.0 Å². The lowest BCUT2D eigenvalue weighted by Crippen LogP contribution is -2.21. The maximum Gasteiger partial charge on any atom is 0.148 e. The summed E-state index contributed by atoms with van der Waals surface area (Å²) in [5, 5.41) is 19.9. The summed E-state index contributed by atoms with van der Waals surface area (Å²) in [6.07, 6.45) is 3.43. The third-order valence-corrected chi connectivity index (χ3v) is 6.09. The third kappa shape index (κ3) is 5.16. The van der Waals surface area contributed by atoms with Crippen molar-refractivity contribution in [3.63, 3.8) is 0 Å². The van der Waals surface area contributed by atoms with Crippen LogP contribution in [-0.4, -0.2) is 46.3 Å². The Labute approximate surface area is 185 Å². The molecule has 0 aliphatic carbocycles. The SMILES string of the molecule is CCNCCNc1ccc(-c2cc3ncnc(N[C@H](CO)c4ccccc4)c3s2)cn1. The first-order valence-electron chi connectivity index (χ1n) is 10.4. The van der Waals surface area contributed by atoms with Gasteiger partial charge in [0.15, 0.2) is 0 Å². The molecule has 0 fully saturated rings. The maximum atomic E-state index is 9.89. The van der Waals surface area contributed by atoms with Crippen molar-refractivity contribution in [2.24, 2.45) is 0 Å². The van der Waals surface area contributed by atoms with E-state index in [9.17, 15) is 5.11 Å². The third-order valence-electron chi connectivity index (χ3n) is 4.91. The van der Waals surface area contributed by atoms with Gasteiger partial charge in [0.1, 0.15) is 18.0 Å². The molecule has 3 heterocycles. The number of nitrogens with one attached hydrogen (secondary N) is 3. The van der Waals surface area contributed by atoms with Gasteiger partial charge in [0.05, 0.1) is 22.9 Å². The zero-order valence-corrected chi connectivity index (χ0v) is 18.2. The van der Waals surface area contributed by atoms with E-state index in [1.807, 2.05) is 42.6 Å². The second kappa shape index (κ2) is 10.3. The number of aliphatic hydroxyl groups is 1. The lowest BCUT2D eigenvalue weighted by molar-refractivity contribution is 0.276. The minimum absolute atomic E-state index is 0.0279. The van der Waals surface area contributed by atoms with Crippen molar-refractivity contribution < 1.29 is 5.11 Å². The van der Waals surface area contributed by atoms with Gasteiger partial charge in [0.2, 0.25) is 0 Å². The normalized spacial score (nSPS) is 12.1. The van der Waals surface area contributed by atoms with E-state index < -0.39 is 0 Å². The van der Waals surface area contributed by atoms with E-state index in [4.69, 9.17) is 0 Å². The standard InChI is InChI=1S/C23H26N6OS/c1-2-24-10-11-25-21-9-8-17(13-26-21)20-12-18-22(31-20)23(28-15-27-18)29-19(14-30)16-6-4-3-5-7-16/h3-9,12-13,15,19,24,30H,2,10-11,14H2,1H3,(H,25,26)(H,27,28,29)/t19-/m1/s1. The number of pyridine rings is 1. The molecule has 4 N–H and O–H groups in total. The summed E-state index contributed by atoms with van der Waals surface area (Å²) in [5.41, 5.74) is 2.91. The summed E-state index contributed by atoms with van der Waals surface area (Å²) in [4.78, 5) is 14.5. The number of thiophene rings is 1. The van der Waals surface area contributed by atoms with Crippen molar-refractivity contribution >= 4 is 33.2 Å². The number of hydrogen-bond donors (Lipinski definition) is 4. The maximum absolute atomic E-state index is 9.89. The highest BCUT2D eigenvalue weighted by Crippen LogP contribution is 2.36. The fourth-order valence-electron chi connectivity index (χ4n) is 3.28. The molecule has 4 rings (SSSR count). The lowest BCUT2D eigenvalue weighted by Gasteiger charge is -2.17. The fraction of sp³-hybridized carbons (Fsp3) is 0.261. The van der Waals surface area contributed by atoms with Crippen LogP contribution in [-0.2, 0) is 0 Å². The van der Waals surface area contributed by atoms with Crippen molar-refractivity contribution in [3.8, 4) is 10.4 Å². The minimum atomic E-state index is -0.237. The van der Waals surface area contributed by atoms with Gasteiger partial charge in [0.25, 0.3) is 0 Å². The second-order valence-corrected chi connectivity index (χ2v) is 8.10. The molecular formula is C23H26N6OS. The fourth-order valence-corrected chi connectivity index (χ4v) is 4.34. The molecule has 0 aliphatic heterocycles. The van der Waals surface area contributed by atoms with Crippen LogP contribution in [0.3, 0.4) is 0 Å². The molecule has 0 radical (unpaired) electrons. The predicted molar refractivity (Wildman–Crippen MR) is 128 cm³/mol. The van der Waals surface area contributed by atoms with Gasteiger partial charge < -0.3 is 21.1 Å². The number of rotatable bonds is 10. The first-order valence-corrected chi connectivity index (χ1v) is 11.2. The number of fused-ring (bicyclic) bond motifs is 1. The highest BCUT2D eigenvalue weighted by molar-refractivity contribution is 7.22. The molecule has 0 saturated heterocycles. The van der Waals surface area contributed by atoms with Crippen LogP contribution >= 0.6 is 11.3 Å². The second-order valence-electron chi connectivity index (χ2n) is 7.05. The average Bonchev–Trinajstić information content (AvgIpc) is 3.26. The molecule has 160 valence electrons. The number of benzene rings is 1. The van der Waals surface area contributed by atoms with Crippen LogP contribution in [0.1, 0.15) is 18.5 Å². The van der Waals surface area contributed by atoms with E-state index >= 15 is 0 Å². The van der Waals surface area contributed by atoms with Gasteiger partial charge in [-0.25, -0.2) is 15.0 Å². The summed E-state index contributed by atoms with van der Waals surface area (Å²) < 4.78 is 0.958. The molecule has 0 amide bonds. The molecule has 0 aliphatic rings. The average molecular weight is 435 g/mol. The zero-order valence-electron chi connectivity index (χ0n) is 17.4. The smallest absolute Gasteiger partial charge is 0.148 e. The van der Waals surface area contributed by atoms with Gasteiger partial charge in [-0.3, -0.25) is 0 Å². The van der Waals surface area contributed by atoms with Gasteiger partial charge in [0, 0.05) is 29.7 Å². The van der Waals surface area contributed by atoms with E-state index in [2.05, 4.69) is 50.0 Å². The van der Waals surface area contributed by atoms with E-state index in [0.717, 1.165) is 57.5 Å². The molecule has 0 saturated carbocycles. The molecule has 0 bridgehead atoms. The monoisotopic (exact) mass is 434 g/mol. The summed E-state index contributed by atoms with van der Waals surface area (Å²) in [6.45, 7) is 4.77. The van der Waals surface area contributed by atoms with Crippen molar-refractivity contribution in [2.75, 3.05) is 36.9 Å². The Bertz CT molecular complexity index is 1100. The Hall–Kier alpha value is -3.07. The molecular weight excluding hydrogens is 408 g/mol. The highest BCUT2D eigenvalue weighted by atomic mass is 32.1. The molecule has 1 atom stereocenters. The lowest BCUT2D eigenvalue weighted by atomic mass is 10.1. The molecule has 0 spiro atoms. The number of nitrogens with zero attached hydrogens (tertiary/aromatic N) is 3. The molecule has 1 aromatic carbocycles. The van der Waals surface area contributed by atoms with E-state index in [1.165, 1.54) is 0 Å². The largest absolute Gasteiger partial charge is 0.394 e. The Kier molecular flexibility index (Phi) is 7.03. The van der Waals surface area contributed by atoms with Crippen LogP contribution in [0, 0.1) is 0 Å². The Morgan fingerprint density at radius 2 is 1.90 bits per heavy atom. The van der Waals surface area contributed by atoms with Crippen molar-refractivity contribution in [1.29, 1.82) is 0 Å². The van der Waals surface area contributed by atoms with Crippen LogP contribution in [0.2, 0.25) is 0 Å². The predicted octanol–water partition coefficient (Wildman–Crippen LogP) is 3.92. The summed E-state index contributed by atoms with van der Waals surface area (Å²) >= 11 is 1.62.